The summed E-state index contributed by atoms with van der Waals surface area (Å²) in [7, 11) is 0. The van der Waals surface area contributed by atoms with E-state index in [-0.39, 0.29) is 11.5 Å². The molecule has 5 heterocycles. The summed E-state index contributed by atoms with van der Waals surface area (Å²) >= 11 is 0. The van der Waals surface area contributed by atoms with Gasteiger partial charge in [0.05, 0.1) is 63.6 Å². The van der Waals surface area contributed by atoms with Crippen LogP contribution < -0.4 is 16.8 Å². The second-order valence-corrected chi connectivity index (χ2v) is 11.9. The van der Waals surface area contributed by atoms with E-state index in [1.165, 1.54) is 11.9 Å². The first-order valence-corrected chi connectivity index (χ1v) is 16.7. The highest BCUT2D eigenvalue weighted by Gasteiger charge is 2.22. The van der Waals surface area contributed by atoms with Gasteiger partial charge >= 0.3 is 0 Å². The molecule has 0 saturated carbocycles. The van der Waals surface area contributed by atoms with Gasteiger partial charge in [0.25, 0.3) is 5.91 Å². The number of nitrogen functional groups attached to an aromatic ring is 1. The zero-order valence-corrected chi connectivity index (χ0v) is 28.1. The summed E-state index contributed by atoms with van der Waals surface area (Å²) < 4.78 is 18.4. The van der Waals surface area contributed by atoms with Crippen molar-refractivity contribution in [1.29, 1.82) is 5.41 Å². The van der Waals surface area contributed by atoms with Crippen LogP contribution in [0.15, 0.2) is 60.8 Å². The van der Waals surface area contributed by atoms with Gasteiger partial charge in [0.1, 0.15) is 23.5 Å². The number of H-pyrrole nitrogens is 1. The molecule has 1 aromatic carbocycles. The lowest BCUT2D eigenvalue weighted by molar-refractivity contribution is -0.133. The Hall–Kier alpha value is -5.71. The summed E-state index contributed by atoms with van der Waals surface area (Å²) in [6.45, 7) is 4.13. The Morgan fingerprint density at radius 1 is 1.00 bits per heavy atom. The molecular weight excluding hydrogens is 654 g/mol. The zero-order chi connectivity index (χ0) is 35.6. The number of aromatic nitrogens is 6. The van der Waals surface area contributed by atoms with Crippen molar-refractivity contribution < 1.29 is 23.8 Å². The lowest BCUT2D eigenvalue weighted by atomic mass is 9.97. The van der Waals surface area contributed by atoms with Crippen LogP contribution in [0.25, 0.3) is 33.3 Å². The topological polar surface area (TPSA) is 225 Å². The minimum absolute atomic E-state index is 0.0564. The van der Waals surface area contributed by atoms with Crippen LogP contribution in [0.1, 0.15) is 23.1 Å². The van der Waals surface area contributed by atoms with Crippen molar-refractivity contribution in [3.8, 4) is 11.3 Å². The summed E-state index contributed by atoms with van der Waals surface area (Å²) in [6.07, 6.45) is 8.12. The van der Waals surface area contributed by atoms with Crippen molar-refractivity contribution in [3.63, 3.8) is 0 Å². The molecular formula is C35H41N11O5. The Kier molecular flexibility index (Phi) is 11.6. The van der Waals surface area contributed by atoms with Gasteiger partial charge in [0.15, 0.2) is 5.65 Å². The number of hydrogen-bond donors (Lipinski definition) is 5. The fourth-order valence-electron chi connectivity index (χ4n) is 5.89. The molecule has 51 heavy (non-hydrogen) atoms. The van der Waals surface area contributed by atoms with Crippen LogP contribution in [-0.2, 0) is 43.3 Å². The molecule has 16 nitrogen and oxygen atoms in total. The quantitative estimate of drug-likeness (QED) is 0.0537. The van der Waals surface area contributed by atoms with Crippen LogP contribution in [0.2, 0.25) is 0 Å². The maximum Gasteiger partial charge on any atom is 0.254 e. The molecule has 0 radical (unpaired) electrons. The third kappa shape index (κ3) is 8.54. The molecule has 0 fully saturated rings. The van der Waals surface area contributed by atoms with Gasteiger partial charge in [-0.15, -0.1) is 0 Å². The number of amides is 2. The zero-order valence-electron chi connectivity index (χ0n) is 28.1. The average molecular weight is 696 g/mol. The first-order valence-electron chi connectivity index (χ1n) is 16.7. The van der Waals surface area contributed by atoms with Crippen molar-refractivity contribution in [2.24, 2.45) is 5.73 Å². The normalized spacial score (nSPS) is 13.1. The summed E-state index contributed by atoms with van der Waals surface area (Å²) in [4.78, 5) is 42.9. The number of nitrogens with two attached hydrogens (primary N) is 2. The van der Waals surface area contributed by atoms with Crippen molar-refractivity contribution >= 4 is 45.9 Å². The molecule has 0 saturated heterocycles. The fraction of sp³-hybridized carbons (Fsp3) is 0.343. The average Bonchev–Trinajstić information content (AvgIpc) is 3.77. The Morgan fingerprint density at radius 2 is 1.80 bits per heavy atom. The molecule has 5 aromatic rings. The van der Waals surface area contributed by atoms with E-state index in [0.717, 1.165) is 46.6 Å². The summed E-state index contributed by atoms with van der Waals surface area (Å²) in [5, 5.41) is 16.3. The number of fused-ring (bicyclic) bond motifs is 3. The van der Waals surface area contributed by atoms with Gasteiger partial charge in [-0.25, -0.2) is 19.6 Å². The summed E-state index contributed by atoms with van der Waals surface area (Å²) in [5.74, 6) is 0.00181. The number of carbonyl (C=O) groups excluding carboxylic acids is 2. The molecule has 0 aliphatic carbocycles. The number of hydrogen-bond acceptors (Lipinski definition) is 12. The van der Waals surface area contributed by atoms with Gasteiger partial charge < -0.3 is 46.3 Å². The van der Waals surface area contributed by atoms with Crippen molar-refractivity contribution in [2.45, 2.75) is 25.9 Å². The molecule has 1 aliphatic rings. The number of ether oxygens (including phenoxy) is 3. The molecule has 0 bridgehead atoms. The maximum absolute atomic E-state index is 12.9. The molecule has 6 rings (SSSR count). The molecule has 1 aliphatic heterocycles. The van der Waals surface area contributed by atoms with E-state index in [9.17, 15) is 9.59 Å². The third-order valence-electron chi connectivity index (χ3n) is 8.53. The number of rotatable bonds is 17. The predicted molar refractivity (Wildman–Crippen MR) is 191 cm³/mol. The third-order valence-corrected chi connectivity index (χ3v) is 8.53. The lowest BCUT2D eigenvalue weighted by Crippen LogP contribution is -2.36. The molecule has 0 spiro atoms. The van der Waals surface area contributed by atoms with E-state index in [0.29, 0.717) is 94.8 Å². The summed E-state index contributed by atoms with van der Waals surface area (Å²) in [5.41, 5.74) is 18.1. The molecule has 7 N–H and O–H groups in total. The first kappa shape index (κ1) is 35.1. The van der Waals surface area contributed by atoms with E-state index in [1.54, 1.807) is 6.20 Å². The standard InChI is InChI=1S/C35H41N11O5/c36-17-28(18-37)35(48)40-7-10-50-12-14-51-13-11-49-9-5-29(47)45-8-4-24-15-23(1-2-26(24)21-45)20-46-34-30(32(38)42-22-43-34)31(44-46)27-16-25-3-6-39-33(25)41-19-27/h1-3,6,15-19,22,36H,4-5,7-14,20-21,37H2,(H,39,41)(H,40,48)(H2,38,42,43)/b28-18+,36-17?. The first-order chi connectivity index (χ1) is 24.9. The maximum atomic E-state index is 12.9. The Morgan fingerprint density at radius 3 is 2.61 bits per heavy atom. The van der Waals surface area contributed by atoms with Crippen LogP contribution in [0, 0.1) is 5.41 Å². The molecule has 2 amide bonds. The van der Waals surface area contributed by atoms with Crippen LogP contribution in [0.5, 0.6) is 0 Å². The van der Waals surface area contributed by atoms with E-state index in [4.69, 9.17) is 36.2 Å². The minimum atomic E-state index is -0.419. The monoisotopic (exact) mass is 695 g/mol. The molecule has 266 valence electrons. The number of carbonyl (C=O) groups is 2. The molecule has 16 heteroatoms. The number of nitrogens with one attached hydrogen (secondary N) is 3. The van der Waals surface area contributed by atoms with Crippen molar-refractivity contribution in [2.75, 3.05) is 58.5 Å². The van der Waals surface area contributed by atoms with E-state index < -0.39 is 5.91 Å². The van der Waals surface area contributed by atoms with Crippen LogP contribution in [0.3, 0.4) is 0 Å². The van der Waals surface area contributed by atoms with E-state index in [1.807, 2.05) is 27.9 Å². The van der Waals surface area contributed by atoms with Gasteiger partial charge in [0, 0.05) is 55.4 Å². The summed E-state index contributed by atoms with van der Waals surface area (Å²) in [6, 6.07) is 10.3. The van der Waals surface area contributed by atoms with Crippen LogP contribution >= 0.6 is 0 Å². The van der Waals surface area contributed by atoms with Crippen molar-refractivity contribution in [1.82, 2.24) is 39.9 Å². The highest BCUT2D eigenvalue weighted by molar-refractivity contribution is 6.11. The van der Waals surface area contributed by atoms with Gasteiger partial charge in [-0.3, -0.25) is 9.59 Å². The van der Waals surface area contributed by atoms with Crippen LogP contribution in [-0.4, -0.2) is 105 Å². The van der Waals surface area contributed by atoms with Gasteiger partial charge in [-0.05, 0) is 35.2 Å². The second kappa shape index (κ2) is 16.8. The fourth-order valence-corrected chi connectivity index (χ4v) is 5.89. The smallest absolute Gasteiger partial charge is 0.254 e. The van der Waals surface area contributed by atoms with Gasteiger partial charge in [0.2, 0.25) is 5.91 Å². The number of aromatic amines is 1. The molecule has 0 unspecified atom stereocenters. The van der Waals surface area contributed by atoms with E-state index in [2.05, 4.69) is 43.5 Å². The lowest BCUT2D eigenvalue weighted by Gasteiger charge is -2.29. The SMILES string of the molecule is N=C/C(=C\N)C(=O)NCCOCCOCCOCCC(=O)N1CCc2cc(Cn3nc(-c4cnc5[nH]ccc5c4)c4c(N)ncnc43)ccc2C1. The Labute approximate surface area is 293 Å². The van der Waals surface area contributed by atoms with Crippen LogP contribution in [0.4, 0.5) is 5.82 Å². The number of anilines is 1. The van der Waals surface area contributed by atoms with Crippen molar-refractivity contribution in [3.05, 3.63) is 77.5 Å². The number of benzene rings is 1. The predicted octanol–water partition coefficient (Wildman–Crippen LogP) is 1.93. The minimum Gasteiger partial charge on any atom is -0.404 e. The molecule has 0 atom stereocenters. The largest absolute Gasteiger partial charge is 0.404 e. The number of nitrogens with zero attached hydrogens (tertiary/aromatic N) is 6. The highest BCUT2D eigenvalue weighted by atomic mass is 16.5. The molecule has 4 aromatic heterocycles. The Balaban J connectivity index is 0.926. The van der Waals surface area contributed by atoms with Gasteiger partial charge in [-0.2, -0.15) is 5.10 Å². The highest BCUT2D eigenvalue weighted by Crippen LogP contribution is 2.32. The second-order valence-electron chi connectivity index (χ2n) is 11.9. The Bertz CT molecular complexity index is 2040. The van der Waals surface area contributed by atoms with Gasteiger partial charge in [-0.1, -0.05) is 18.2 Å². The van der Waals surface area contributed by atoms with E-state index >= 15 is 0 Å². The number of pyridine rings is 1.